The summed E-state index contributed by atoms with van der Waals surface area (Å²) >= 11 is 3.59. The number of aryl methyl sites for hydroxylation is 1. The van der Waals surface area contributed by atoms with Gasteiger partial charge in [-0.25, -0.2) is 0 Å². The van der Waals surface area contributed by atoms with E-state index < -0.39 is 0 Å². The van der Waals surface area contributed by atoms with Gasteiger partial charge in [0.1, 0.15) is 24.5 Å². The van der Waals surface area contributed by atoms with Crippen LogP contribution >= 0.6 is 15.9 Å². The molecule has 0 bridgehead atoms. The van der Waals surface area contributed by atoms with Crippen molar-refractivity contribution in [3.63, 3.8) is 0 Å². The van der Waals surface area contributed by atoms with Crippen LogP contribution in [0.1, 0.15) is 18.9 Å². The van der Waals surface area contributed by atoms with Crippen molar-refractivity contribution >= 4 is 26.8 Å². The van der Waals surface area contributed by atoms with Gasteiger partial charge in [-0.3, -0.25) is 4.48 Å². The summed E-state index contributed by atoms with van der Waals surface area (Å²) < 4.78 is 4.37. The average Bonchev–Trinajstić information content (AvgIpc) is 2.97. The minimum absolute atomic E-state index is 0.177. The molecule has 1 saturated heterocycles. The molecule has 1 spiro atoms. The van der Waals surface area contributed by atoms with Crippen LogP contribution in [0, 0.1) is 0 Å². The largest absolute Gasteiger partial charge is 0.395 e. The molecule has 1 aromatic heterocycles. The Morgan fingerprint density at radius 2 is 2.26 bits per heavy atom. The number of rotatable bonds is 5. The van der Waals surface area contributed by atoms with E-state index >= 15 is 0 Å². The fourth-order valence-electron chi connectivity index (χ4n) is 3.99. The van der Waals surface area contributed by atoms with E-state index in [2.05, 4.69) is 70.2 Å². The smallest absolute Gasteiger partial charge is 0.148 e. The number of nitrogens with zero attached hydrogens (tertiary/aromatic N) is 2. The van der Waals surface area contributed by atoms with Gasteiger partial charge in [-0.05, 0) is 42.3 Å². The van der Waals surface area contributed by atoms with Crippen molar-refractivity contribution < 1.29 is 9.59 Å². The van der Waals surface area contributed by atoms with E-state index in [1.807, 2.05) is 0 Å². The number of fused-ring (bicyclic) bond motifs is 1. The average molecular weight is 374 g/mol. The molecular weight excluding hydrogens is 352 g/mol. The molecule has 1 fully saturated rings. The molecule has 2 aliphatic rings. The first-order chi connectivity index (χ1) is 11.1. The molecule has 4 rings (SSSR count). The van der Waals surface area contributed by atoms with Gasteiger partial charge in [-0.15, -0.1) is 0 Å². The lowest BCUT2D eigenvalue weighted by molar-refractivity contribution is -0.712. The Morgan fingerprint density at radius 3 is 3.00 bits per heavy atom. The number of hydrogen-bond donors (Lipinski definition) is 1. The second-order valence-corrected chi connectivity index (χ2v) is 7.60. The van der Waals surface area contributed by atoms with Crippen molar-refractivity contribution in [2.75, 3.05) is 13.2 Å². The molecule has 3 nitrogen and oxygen atoms in total. The normalized spacial score (nSPS) is 25.5. The molecule has 2 unspecified atom stereocenters. The van der Waals surface area contributed by atoms with Gasteiger partial charge in [0.15, 0.2) is 0 Å². The third-order valence-electron chi connectivity index (χ3n) is 5.39. The van der Waals surface area contributed by atoms with Crippen molar-refractivity contribution in [1.29, 1.82) is 0 Å². The lowest BCUT2D eigenvalue weighted by Gasteiger charge is -2.11. The van der Waals surface area contributed by atoms with Crippen molar-refractivity contribution in [3.8, 4) is 0 Å². The number of allylic oxidation sites excluding steroid dienone is 3. The summed E-state index contributed by atoms with van der Waals surface area (Å²) in [5.74, 6) is 0. The second-order valence-electron chi connectivity index (χ2n) is 6.69. The standard InChI is InChI=1S/C19H22BrN2O/c1-14-3-2-9-22(14)13-17(22)6-4-15-12-21(8-10-23)19-7-5-16(20)11-18(15)19/h2-3,5,7,9,11-12,17,23H,4,6,8,10,13H2,1H3/q+1. The molecule has 0 radical (unpaired) electrons. The van der Waals surface area contributed by atoms with Crippen LogP contribution < -0.4 is 0 Å². The molecule has 0 amide bonds. The quantitative estimate of drug-likeness (QED) is 0.622. The van der Waals surface area contributed by atoms with E-state index in [9.17, 15) is 5.11 Å². The Morgan fingerprint density at radius 1 is 1.39 bits per heavy atom. The molecule has 4 heteroatoms. The summed E-state index contributed by atoms with van der Waals surface area (Å²) in [4.78, 5) is 0. The van der Waals surface area contributed by atoms with Crippen LogP contribution in [-0.2, 0) is 13.0 Å². The van der Waals surface area contributed by atoms with Crippen LogP contribution in [0.25, 0.3) is 10.9 Å². The molecule has 2 aromatic rings. The predicted octanol–water partition coefficient (Wildman–Crippen LogP) is 3.96. The zero-order chi connectivity index (χ0) is 16.0. The third kappa shape index (κ3) is 2.49. The predicted molar refractivity (Wildman–Crippen MR) is 96.9 cm³/mol. The summed E-state index contributed by atoms with van der Waals surface area (Å²) in [7, 11) is 0. The number of halogens is 1. The van der Waals surface area contributed by atoms with Gasteiger partial charge in [-0.1, -0.05) is 15.9 Å². The molecule has 1 aromatic carbocycles. The van der Waals surface area contributed by atoms with Crippen molar-refractivity contribution in [2.45, 2.75) is 32.4 Å². The number of aliphatic hydroxyl groups excluding tert-OH is 1. The summed E-state index contributed by atoms with van der Waals surface area (Å²) in [6.07, 6.45) is 11.3. The first-order valence-corrected chi connectivity index (χ1v) is 9.05. The Labute approximate surface area is 145 Å². The second kappa shape index (κ2) is 5.62. The fraction of sp³-hybridized carbons (Fsp3) is 0.368. The summed E-state index contributed by atoms with van der Waals surface area (Å²) in [5, 5.41) is 10.6. The number of aliphatic hydroxyl groups is 1. The summed E-state index contributed by atoms with van der Waals surface area (Å²) in [5.41, 5.74) is 4.08. The van der Waals surface area contributed by atoms with E-state index in [-0.39, 0.29) is 6.61 Å². The van der Waals surface area contributed by atoms with Crippen LogP contribution in [0.4, 0.5) is 0 Å². The highest BCUT2D eigenvalue weighted by Gasteiger charge is 2.55. The molecule has 1 N–H and O–H groups in total. The van der Waals surface area contributed by atoms with Crippen molar-refractivity contribution in [1.82, 2.24) is 4.57 Å². The molecule has 23 heavy (non-hydrogen) atoms. The summed E-state index contributed by atoms with van der Waals surface area (Å²) in [6, 6.07) is 7.15. The highest BCUT2D eigenvalue weighted by Crippen LogP contribution is 2.43. The Balaban J connectivity index is 1.56. The molecule has 120 valence electrons. The van der Waals surface area contributed by atoms with E-state index in [0.29, 0.717) is 6.54 Å². The SMILES string of the molecule is CC1=CC=C[N+]12CC2CCc1cn(CCO)c2ccc(Br)cc12. The third-order valence-corrected chi connectivity index (χ3v) is 5.88. The maximum Gasteiger partial charge on any atom is 0.148 e. The van der Waals surface area contributed by atoms with Crippen LogP contribution in [0.15, 0.2) is 52.9 Å². The van der Waals surface area contributed by atoms with Gasteiger partial charge in [0.25, 0.3) is 0 Å². The van der Waals surface area contributed by atoms with Crippen molar-refractivity contribution in [3.05, 3.63) is 58.5 Å². The fourth-order valence-corrected chi connectivity index (χ4v) is 4.35. The zero-order valence-corrected chi connectivity index (χ0v) is 15.0. The minimum Gasteiger partial charge on any atom is -0.395 e. The van der Waals surface area contributed by atoms with Gasteiger partial charge in [0.05, 0.1) is 6.61 Å². The number of benzene rings is 1. The van der Waals surface area contributed by atoms with Gasteiger partial charge in [-0.2, -0.15) is 0 Å². The maximum absolute atomic E-state index is 9.29. The van der Waals surface area contributed by atoms with E-state index in [1.165, 1.54) is 35.1 Å². The van der Waals surface area contributed by atoms with Crippen LogP contribution in [0.3, 0.4) is 0 Å². The topological polar surface area (TPSA) is 25.2 Å². The van der Waals surface area contributed by atoms with E-state index in [4.69, 9.17) is 0 Å². The first kappa shape index (κ1) is 15.2. The van der Waals surface area contributed by atoms with Crippen LogP contribution in [0.5, 0.6) is 0 Å². The highest BCUT2D eigenvalue weighted by molar-refractivity contribution is 9.10. The van der Waals surface area contributed by atoms with E-state index in [1.54, 1.807) is 0 Å². The monoisotopic (exact) mass is 373 g/mol. The number of aromatic nitrogens is 1. The van der Waals surface area contributed by atoms with Crippen LogP contribution in [-0.4, -0.2) is 33.4 Å². The minimum atomic E-state index is 0.177. The molecule has 0 aliphatic carbocycles. The van der Waals surface area contributed by atoms with Gasteiger partial charge >= 0.3 is 0 Å². The molecule has 0 saturated carbocycles. The van der Waals surface area contributed by atoms with E-state index in [0.717, 1.165) is 21.4 Å². The lowest BCUT2D eigenvalue weighted by atomic mass is 10.1. The highest BCUT2D eigenvalue weighted by atomic mass is 79.9. The Hall–Kier alpha value is -1.36. The lowest BCUT2D eigenvalue weighted by Crippen LogP contribution is -2.17. The molecule has 3 heterocycles. The van der Waals surface area contributed by atoms with Gasteiger partial charge in [0.2, 0.25) is 0 Å². The van der Waals surface area contributed by atoms with Crippen molar-refractivity contribution in [2.24, 2.45) is 0 Å². The van der Waals surface area contributed by atoms with Gasteiger partial charge in [0, 0.05) is 41.5 Å². The zero-order valence-electron chi connectivity index (χ0n) is 13.4. The summed E-state index contributed by atoms with van der Waals surface area (Å²) in [6.45, 7) is 4.32. The molecule has 2 aliphatic heterocycles. The Bertz CT molecular complexity index is 820. The van der Waals surface area contributed by atoms with Crippen LogP contribution in [0.2, 0.25) is 0 Å². The molecular formula is C19H22BrN2O+. The Kier molecular flexibility index (Phi) is 3.71. The number of quaternary nitrogens is 1. The van der Waals surface area contributed by atoms with Gasteiger partial charge < -0.3 is 9.67 Å². The molecule has 2 atom stereocenters. The first-order valence-electron chi connectivity index (χ1n) is 8.26. The maximum atomic E-state index is 9.29. The number of hydrogen-bond acceptors (Lipinski definition) is 1.